The lowest BCUT2D eigenvalue weighted by atomic mass is 10.2. The molecule has 0 amide bonds. The van der Waals surface area contributed by atoms with E-state index in [0.29, 0.717) is 13.0 Å². The Hall–Kier alpha value is -1.34. The summed E-state index contributed by atoms with van der Waals surface area (Å²) in [7, 11) is -3.40. The minimum atomic E-state index is -3.40. The topological polar surface area (TPSA) is 87.6 Å². The van der Waals surface area contributed by atoms with Crippen LogP contribution in [0.3, 0.4) is 0 Å². The number of sulfonamides is 1. The molecule has 0 saturated carbocycles. The molecule has 1 aliphatic rings. The molecule has 1 aromatic rings. The van der Waals surface area contributed by atoms with Crippen molar-refractivity contribution >= 4 is 33.4 Å². The molecule has 18 heavy (non-hydrogen) atoms. The predicted octanol–water partition coefficient (Wildman–Crippen LogP) is 1.36. The lowest BCUT2D eigenvalue weighted by Crippen LogP contribution is -2.38. The first-order valence-corrected chi connectivity index (χ1v) is 7.30. The summed E-state index contributed by atoms with van der Waals surface area (Å²) in [6.07, 6.45) is 2.49. The van der Waals surface area contributed by atoms with Crippen LogP contribution < -0.4 is 4.31 Å². The van der Waals surface area contributed by atoms with Crippen LogP contribution in [-0.4, -0.2) is 36.8 Å². The molecule has 1 fully saturated rings. The fraction of sp³-hybridized carbons (Fsp3) is 0.400. The van der Waals surface area contributed by atoms with Gasteiger partial charge in [-0.3, -0.25) is 4.31 Å². The Morgan fingerprint density at radius 3 is 2.78 bits per heavy atom. The first-order chi connectivity index (χ1) is 8.42. The van der Waals surface area contributed by atoms with E-state index in [9.17, 15) is 13.2 Å². The Morgan fingerprint density at radius 1 is 1.44 bits per heavy atom. The largest absolute Gasteiger partial charge is 0.478 e. The molecular weight excluding hydrogens is 280 g/mol. The summed E-state index contributed by atoms with van der Waals surface area (Å²) in [6.45, 7) is 0.316. The second kappa shape index (κ2) is 4.74. The molecule has 0 spiro atoms. The van der Waals surface area contributed by atoms with Crippen LogP contribution in [0, 0.1) is 0 Å². The van der Waals surface area contributed by atoms with Crippen molar-refractivity contribution in [2.45, 2.75) is 12.8 Å². The molecule has 98 valence electrons. The molecule has 1 aliphatic heterocycles. The third kappa shape index (κ3) is 2.41. The minimum Gasteiger partial charge on any atom is -0.478 e. The van der Waals surface area contributed by atoms with E-state index >= 15 is 0 Å². The van der Waals surface area contributed by atoms with Gasteiger partial charge in [-0.05, 0) is 18.9 Å². The third-order valence-corrected chi connectivity index (χ3v) is 4.82. The van der Waals surface area contributed by atoms with Gasteiger partial charge < -0.3 is 5.11 Å². The molecule has 2 rings (SSSR count). The van der Waals surface area contributed by atoms with Crippen molar-refractivity contribution in [3.8, 4) is 0 Å². The fourth-order valence-corrected chi connectivity index (χ4v) is 3.54. The normalized spacial score (nSPS) is 18.6. The van der Waals surface area contributed by atoms with E-state index in [4.69, 9.17) is 16.7 Å². The van der Waals surface area contributed by atoms with Crippen molar-refractivity contribution in [3.05, 3.63) is 22.8 Å². The van der Waals surface area contributed by atoms with Gasteiger partial charge in [0.1, 0.15) is 5.82 Å². The molecule has 1 saturated heterocycles. The van der Waals surface area contributed by atoms with E-state index in [1.807, 2.05) is 0 Å². The van der Waals surface area contributed by atoms with Crippen LogP contribution in [0.5, 0.6) is 0 Å². The van der Waals surface area contributed by atoms with Crippen molar-refractivity contribution in [2.75, 3.05) is 16.6 Å². The molecule has 0 radical (unpaired) electrons. The summed E-state index contributed by atoms with van der Waals surface area (Å²) in [5.41, 5.74) is -0.151. The number of rotatable bonds is 2. The third-order valence-electron chi connectivity index (χ3n) is 2.68. The standard InChI is InChI=1S/C10H11ClN2O4S/c11-8-6-12-9(5-7(8)10(14)15)13-3-1-2-4-18(13,16)17/h5-6H,1-4H2,(H,14,15). The number of halogens is 1. The SMILES string of the molecule is O=C(O)c1cc(N2CCCCS2(=O)=O)ncc1Cl. The highest BCUT2D eigenvalue weighted by atomic mass is 35.5. The van der Waals surface area contributed by atoms with Crippen molar-refractivity contribution < 1.29 is 18.3 Å². The van der Waals surface area contributed by atoms with Crippen LogP contribution >= 0.6 is 11.6 Å². The Morgan fingerprint density at radius 2 is 2.17 bits per heavy atom. The molecule has 1 aromatic heterocycles. The van der Waals surface area contributed by atoms with Crippen LogP contribution in [0.1, 0.15) is 23.2 Å². The Balaban J connectivity index is 2.45. The van der Waals surface area contributed by atoms with Crippen molar-refractivity contribution in [3.63, 3.8) is 0 Å². The zero-order valence-electron chi connectivity index (χ0n) is 9.34. The first kappa shape index (κ1) is 13.1. The Labute approximate surface area is 109 Å². The van der Waals surface area contributed by atoms with Gasteiger partial charge in [-0.1, -0.05) is 11.6 Å². The summed E-state index contributed by atoms with van der Waals surface area (Å²) in [6, 6.07) is 1.19. The van der Waals surface area contributed by atoms with Gasteiger partial charge >= 0.3 is 5.97 Å². The smallest absolute Gasteiger partial charge is 0.337 e. The molecule has 0 bridgehead atoms. The van der Waals surface area contributed by atoms with Gasteiger partial charge in [0.25, 0.3) is 0 Å². The van der Waals surface area contributed by atoms with Gasteiger partial charge in [-0.25, -0.2) is 18.2 Å². The van der Waals surface area contributed by atoms with Gasteiger partial charge in [0.05, 0.1) is 16.3 Å². The summed E-state index contributed by atoms with van der Waals surface area (Å²) in [4.78, 5) is 14.8. The number of carbonyl (C=O) groups is 1. The van der Waals surface area contributed by atoms with Gasteiger partial charge in [0, 0.05) is 12.7 Å². The van der Waals surface area contributed by atoms with Gasteiger partial charge in [0.2, 0.25) is 10.0 Å². The lowest BCUT2D eigenvalue weighted by molar-refractivity contribution is 0.0697. The van der Waals surface area contributed by atoms with E-state index in [-0.39, 0.29) is 22.2 Å². The fourth-order valence-electron chi connectivity index (χ4n) is 1.77. The summed E-state index contributed by atoms with van der Waals surface area (Å²) in [5, 5.41) is 8.93. The lowest BCUT2D eigenvalue weighted by Gasteiger charge is -2.27. The molecule has 0 atom stereocenters. The molecule has 0 aromatic carbocycles. The zero-order chi connectivity index (χ0) is 13.3. The van der Waals surface area contributed by atoms with Gasteiger partial charge in [0.15, 0.2) is 0 Å². The van der Waals surface area contributed by atoms with E-state index in [0.717, 1.165) is 16.9 Å². The first-order valence-electron chi connectivity index (χ1n) is 5.31. The van der Waals surface area contributed by atoms with E-state index in [1.54, 1.807) is 0 Å². The quantitative estimate of drug-likeness (QED) is 0.888. The van der Waals surface area contributed by atoms with E-state index in [2.05, 4.69) is 4.98 Å². The number of nitrogens with zero attached hydrogens (tertiary/aromatic N) is 2. The van der Waals surface area contributed by atoms with Crippen molar-refractivity contribution in [2.24, 2.45) is 0 Å². The molecule has 8 heteroatoms. The number of carboxylic acid groups (broad SMARTS) is 1. The average Bonchev–Trinajstić information content (AvgIpc) is 2.29. The summed E-state index contributed by atoms with van der Waals surface area (Å²) in [5.74, 6) is -1.05. The van der Waals surface area contributed by atoms with Gasteiger partial charge in [-0.2, -0.15) is 0 Å². The number of anilines is 1. The second-order valence-corrected chi connectivity index (χ2v) is 6.34. The summed E-state index contributed by atoms with van der Waals surface area (Å²) < 4.78 is 24.8. The zero-order valence-corrected chi connectivity index (χ0v) is 10.9. The van der Waals surface area contributed by atoms with Crippen LogP contribution in [0.4, 0.5) is 5.82 Å². The van der Waals surface area contributed by atoms with Crippen molar-refractivity contribution in [1.29, 1.82) is 0 Å². The highest BCUT2D eigenvalue weighted by molar-refractivity contribution is 7.92. The molecule has 0 unspecified atom stereocenters. The molecule has 2 heterocycles. The Kier molecular flexibility index (Phi) is 3.45. The number of hydrogen-bond acceptors (Lipinski definition) is 4. The average molecular weight is 291 g/mol. The number of aromatic carboxylic acids is 1. The predicted molar refractivity (Wildman–Crippen MR) is 66.6 cm³/mol. The van der Waals surface area contributed by atoms with E-state index in [1.165, 1.54) is 6.07 Å². The van der Waals surface area contributed by atoms with Crippen LogP contribution in [0.25, 0.3) is 0 Å². The molecule has 0 aliphatic carbocycles. The Bertz CT molecular complexity index is 588. The number of aromatic nitrogens is 1. The maximum atomic E-state index is 11.9. The van der Waals surface area contributed by atoms with Crippen molar-refractivity contribution in [1.82, 2.24) is 4.98 Å². The molecular formula is C10H11ClN2O4S. The van der Waals surface area contributed by atoms with Crippen LogP contribution in [0.2, 0.25) is 5.02 Å². The molecule has 1 N–H and O–H groups in total. The van der Waals surface area contributed by atoms with Crippen LogP contribution in [0.15, 0.2) is 12.3 Å². The monoisotopic (exact) mass is 290 g/mol. The second-order valence-electron chi connectivity index (χ2n) is 3.92. The maximum Gasteiger partial charge on any atom is 0.337 e. The van der Waals surface area contributed by atoms with Gasteiger partial charge in [-0.15, -0.1) is 0 Å². The van der Waals surface area contributed by atoms with E-state index < -0.39 is 16.0 Å². The minimum absolute atomic E-state index is 0.0133. The highest BCUT2D eigenvalue weighted by Crippen LogP contribution is 2.25. The number of hydrogen-bond donors (Lipinski definition) is 1. The maximum absolute atomic E-state index is 11.9. The summed E-state index contributed by atoms with van der Waals surface area (Å²) >= 11 is 5.69. The van der Waals surface area contributed by atoms with Crippen LogP contribution in [-0.2, 0) is 10.0 Å². The number of carboxylic acids is 1. The highest BCUT2D eigenvalue weighted by Gasteiger charge is 2.27. The number of pyridine rings is 1. The molecule has 6 nitrogen and oxygen atoms in total.